The minimum absolute atomic E-state index is 1.06. The highest BCUT2D eigenvalue weighted by Crippen LogP contribution is 2.26. The van der Waals surface area contributed by atoms with Crippen molar-refractivity contribution in [3.8, 4) is 0 Å². The third-order valence-electron chi connectivity index (χ3n) is 2.75. The van der Waals surface area contributed by atoms with E-state index in [0.717, 1.165) is 18.6 Å². The number of hydrogen-bond acceptors (Lipinski definition) is 2. The van der Waals surface area contributed by atoms with Crippen LogP contribution in [0.15, 0.2) is 18.5 Å². The van der Waals surface area contributed by atoms with Crippen LogP contribution in [0.1, 0.15) is 12.0 Å². The van der Waals surface area contributed by atoms with Gasteiger partial charge >= 0.3 is 0 Å². The number of nitrogens with zero attached hydrogens (tertiary/aromatic N) is 2. The second-order valence-electron chi connectivity index (χ2n) is 3.90. The summed E-state index contributed by atoms with van der Waals surface area (Å²) in [4.78, 5) is 4.42. The average Bonchev–Trinajstić information content (AvgIpc) is 2.43. The maximum Gasteiger partial charge on any atom is 0.0958 e. The van der Waals surface area contributed by atoms with Gasteiger partial charge in [0.15, 0.2) is 0 Å². The van der Waals surface area contributed by atoms with Gasteiger partial charge in [-0.25, -0.2) is 4.98 Å². The van der Waals surface area contributed by atoms with Crippen molar-refractivity contribution in [2.24, 2.45) is 0 Å². The van der Waals surface area contributed by atoms with Gasteiger partial charge in [-0.15, -0.1) is 0 Å². The molecule has 2 aromatic rings. The molecule has 0 unspecified atom stereocenters. The Kier molecular flexibility index (Phi) is 1.54. The molecule has 72 valence electrons. The van der Waals surface area contributed by atoms with E-state index >= 15 is 0 Å². The molecule has 0 bridgehead atoms. The first-order valence-electron chi connectivity index (χ1n) is 5.04. The van der Waals surface area contributed by atoms with Gasteiger partial charge in [0, 0.05) is 13.1 Å². The molecule has 0 radical (unpaired) electrons. The van der Waals surface area contributed by atoms with Crippen LogP contribution in [-0.4, -0.2) is 16.1 Å². The van der Waals surface area contributed by atoms with Gasteiger partial charge in [-0.05, 0) is 31.0 Å². The van der Waals surface area contributed by atoms with Crippen LogP contribution in [0.5, 0.6) is 0 Å². The van der Waals surface area contributed by atoms with Gasteiger partial charge in [0.25, 0.3) is 0 Å². The Balaban J connectivity index is 2.39. The molecular weight excluding hydrogens is 174 g/mol. The molecule has 1 aromatic carbocycles. The average molecular weight is 187 g/mol. The predicted octanol–water partition coefficient (Wildman–Crippen LogP) is 2.16. The first kappa shape index (κ1) is 7.85. The summed E-state index contributed by atoms with van der Waals surface area (Å²) in [6.45, 7) is 4.24. The molecule has 3 nitrogen and oxygen atoms in total. The third kappa shape index (κ3) is 1.02. The number of imidazole rings is 1. The Morgan fingerprint density at radius 3 is 3.29 bits per heavy atom. The monoisotopic (exact) mass is 187 g/mol. The Bertz CT molecular complexity index is 484. The number of hydrogen-bond donors (Lipinski definition) is 1. The fourth-order valence-electron chi connectivity index (χ4n) is 2.13. The van der Waals surface area contributed by atoms with Crippen LogP contribution >= 0.6 is 0 Å². The van der Waals surface area contributed by atoms with E-state index in [1.807, 2.05) is 6.33 Å². The number of nitrogens with one attached hydrogen (secondary N) is 1. The molecule has 1 aliphatic heterocycles. The Hall–Kier alpha value is -1.51. The van der Waals surface area contributed by atoms with Gasteiger partial charge in [-0.3, -0.25) is 0 Å². The topological polar surface area (TPSA) is 29.9 Å². The normalized spacial score (nSPS) is 15.2. The van der Waals surface area contributed by atoms with Crippen molar-refractivity contribution in [2.75, 3.05) is 11.9 Å². The van der Waals surface area contributed by atoms with E-state index in [-0.39, 0.29) is 0 Å². The summed E-state index contributed by atoms with van der Waals surface area (Å²) in [6.07, 6.45) is 3.11. The molecule has 1 aromatic heterocycles. The molecule has 14 heavy (non-hydrogen) atoms. The standard InChI is InChI=1S/C11H13N3/c1-8-5-9-11-10(6-8)13-7-14(11)4-2-3-12-9/h5-7,12H,2-4H2,1H3. The summed E-state index contributed by atoms with van der Waals surface area (Å²) in [5, 5.41) is 3.46. The molecule has 0 atom stereocenters. The Morgan fingerprint density at radius 2 is 2.36 bits per heavy atom. The SMILES string of the molecule is Cc1cc2c3c(c1)ncn3CCCN2. The molecule has 0 amide bonds. The molecule has 3 heteroatoms. The van der Waals surface area contributed by atoms with Crippen molar-refractivity contribution in [3.63, 3.8) is 0 Å². The Morgan fingerprint density at radius 1 is 1.43 bits per heavy atom. The van der Waals surface area contributed by atoms with Crippen LogP contribution in [0.4, 0.5) is 5.69 Å². The zero-order valence-corrected chi connectivity index (χ0v) is 8.25. The highest BCUT2D eigenvalue weighted by atomic mass is 15.1. The molecule has 0 saturated heterocycles. The zero-order valence-electron chi connectivity index (χ0n) is 8.25. The van der Waals surface area contributed by atoms with Gasteiger partial charge in [-0.2, -0.15) is 0 Å². The van der Waals surface area contributed by atoms with E-state index in [0.29, 0.717) is 0 Å². The molecule has 1 aliphatic rings. The zero-order chi connectivity index (χ0) is 9.54. The van der Waals surface area contributed by atoms with E-state index in [1.54, 1.807) is 0 Å². The van der Waals surface area contributed by atoms with Crippen molar-refractivity contribution in [1.82, 2.24) is 9.55 Å². The first-order valence-corrected chi connectivity index (χ1v) is 5.04. The van der Waals surface area contributed by atoms with E-state index < -0.39 is 0 Å². The van der Waals surface area contributed by atoms with Gasteiger partial charge in [0.1, 0.15) is 0 Å². The smallest absolute Gasteiger partial charge is 0.0958 e. The van der Waals surface area contributed by atoms with Gasteiger partial charge in [0.05, 0.1) is 23.0 Å². The van der Waals surface area contributed by atoms with Crippen LogP contribution < -0.4 is 5.32 Å². The predicted molar refractivity (Wildman–Crippen MR) is 57.6 cm³/mol. The summed E-state index contributed by atoms with van der Waals surface area (Å²) < 4.78 is 2.24. The molecule has 2 heterocycles. The van der Waals surface area contributed by atoms with Gasteiger partial charge in [-0.1, -0.05) is 0 Å². The van der Waals surface area contributed by atoms with Crippen LogP contribution in [0.3, 0.4) is 0 Å². The van der Waals surface area contributed by atoms with Crippen molar-refractivity contribution >= 4 is 16.7 Å². The van der Waals surface area contributed by atoms with Crippen LogP contribution in [-0.2, 0) is 6.54 Å². The second kappa shape index (κ2) is 2.74. The van der Waals surface area contributed by atoms with E-state index in [4.69, 9.17) is 0 Å². The molecule has 0 aliphatic carbocycles. The van der Waals surface area contributed by atoms with E-state index in [2.05, 4.69) is 33.9 Å². The van der Waals surface area contributed by atoms with Gasteiger partial charge in [0.2, 0.25) is 0 Å². The number of anilines is 1. The molecule has 3 rings (SSSR count). The fraction of sp³-hybridized carbons (Fsp3) is 0.364. The molecule has 0 saturated carbocycles. The van der Waals surface area contributed by atoms with Crippen LogP contribution in [0.25, 0.3) is 11.0 Å². The van der Waals surface area contributed by atoms with Crippen molar-refractivity contribution in [3.05, 3.63) is 24.0 Å². The maximum absolute atomic E-state index is 4.42. The largest absolute Gasteiger partial charge is 0.383 e. The second-order valence-corrected chi connectivity index (χ2v) is 3.90. The quantitative estimate of drug-likeness (QED) is 0.685. The summed E-state index contributed by atoms with van der Waals surface area (Å²) in [7, 11) is 0. The van der Waals surface area contributed by atoms with Crippen molar-refractivity contribution in [1.29, 1.82) is 0 Å². The summed E-state index contributed by atoms with van der Waals surface area (Å²) in [5.74, 6) is 0. The fourth-order valence-corrected chi connectivity index (χ4v) is 2.13. The summed E-state index contributed by atoms with van der Waals surface area (Å²) in [6, 6.07) is 4.34. The minimum Gasteiger partial charge on any atom is -0.383 e. The number of benzene rings is 1. The maximum atomic E-state index is 4.42. The highest BCUT2D eigenvalue weighted by molar-refractivity contribution is 5.89. The molecular formula is C11H13N3. The first-order chi connectivity index (χ1) is 6.84. The lowest BCUT2D eigenvalue weighted by molar-refractivity contribution is 0.688. The lowest BCUT2D eigenvalue weighted by Gasteiger charge is -2.05. The Labute approximate surface area is 82.8 Å². The molecule has 1 N–H and O–H groups in total. The number of aromatic nitrogens is 2. The molecule has 0 spiro atoms. The highest BCUT2D eigenvalue weighted by Gasteiger charge is 2.11. The lowest BCUT2D eigenvalue weighted by atomic mass is 10.2. The lowest BCUT2D eigenvalue weighted by Crippen LogP contribution is -2.00. The van der Waals surface area contributed by atoms with Gasteiger partial charge < -0.3 is 9.88 Å². The van der Waals surface area contributed by atoms with Crippen LogP contribution in [0, 0.1) is 6.92 Å². The van der Waals surface area contributed by atoms with Crippen molar-refractivity contribution in [2.45, 2.75) is 19.9 Å². The number of aryl methyl sites for hydroxylation is 2. The molecule has 0 fully saturated rings. The minimum atomic E-state index is 1.06. The summed E-state index contributed by atoms with van der Waals surface area (Å²) >= 11 is 0. The third-order valence-corrected chi connectivity index (χ3v) is 2.75. The van der Waals surface area contributed by atoms with E-state index in [1.165, 1.54) is 23.2 Å². The van der Waals surface area contributed by atoms with Crippen molar-refractivity contribution < 1.29 is 0 Å². The number of rotatable bonds is 0. The summed E-state index contributed by atoms with van der Waals surface area (Å²) in [5.41, 5.74) is 4.87. The van der Waals surface area contributed by atoms with E-state index in [9.17, 15) is 0 Å². The van der Waals surface area contributed by atoms with Crippen LogP contribution in [0.2, 0.25) is 0 Å².